The summed E-state index contributed by atoms with van der Waals surface area (Å²) in [6.45, 7) is 21.6. The van der Waals surface area contributed by atoms with Crippen molar-refractivity contribution < 1.29 is 50.6 Å². The summed E-state index contributed by atoms with van der Waals surface area (Å²) in [5.74, 6) is -1.36. The summed E-state index contributed by atoms with van der Waals surface area (Å²) >= 11 is 0. The second-order valence-corrected chi connectivity index (χ2v) is 15.8. The highest BCUT2D eigenvalue weighted by atomic mass is 32.3. The lowest BCUT2D eigenvalue weighted by atomic mass is 10.2. The molecule has 0 aromatic heterocycles. The zero-order valence-electron chi connectivity index (χ0n) is 31.0. The van der Waals surface area contributed by atoms with Gasteiger partial charge in [0, 0.05) is 39.5 Å². The summed E-state index contributed by atoms with van der Waals surface area (Å²) in [7, 11) is -3.89. The Morgan fingerprint density at radius 1 is 0.520 bits per heavy atom. The van der Waals surface area contributed by atoms with Gasteiger partial charge in [-0.1, -0.05) is 18.2 Å². The van der Waals surface area contributed by atoms with Gasteiger partial charge in [-0.3, -0.25) is 0 Å². The van der Waals surface area contributed by atoms with E-state index in [9.17, 15) is 18.0 Å². The molecule has 0 radical (unpaired) electrons. The number of rotatable bonds is 16. The van der Waals surface area contributed by atoms with Crippen molar-refractivity contribution in [2.24, 2.45) is 0 Å². The first-order valence-corrected chi connectivity index (χ1v) is 18.3. The molecule has 3 rings (SSSR count). The molecule has 0 atom stereocenters. The van der Waals surface area contributed by atoms with Gasteiger partial charge < -0.3 is 32.6 Å². The lowest BCUT2D eigenvalue weighted by Crippen LogP contribution is -2.29. The van der Waals surface area contributed by atoms with Crippen LogP contribution in [0.25, 0.3) is 0 Å². The molecule has 0 N–H and O–H groups in total. The predicted octanol–water partition coefficient (Wildman–Crippen LogP) is 10.7. The number of hydrogen-bond acceptors (Lipinski definition) is 8. The zero-order valence-corrected chi connectivity index (χ0v) is 31.8. The van der Waals surface area contributed by atoms with Gasteiger partial charge >= 0.3 is 12.1 Å². The predicted molar refractivity (Wildman–Crippen MR) is 188 cm³/mol. The van der Waals surface area contributed by atoms with Gasteiger partial charge in [0.2, 0.25) is 0 Å². The lowest BCUT2D eigenvalue weighted by Gasteiger charge is -2.43. The summed E-state index contributed by atoms with van der Waals surface area (Å²) in [6.07, 6.45) is -7.80. The van der Waals surface area contributed by atoms with Crippen molar-refractivity contribution in [1.29, 1.82) is 0 Å². The van der Waals surface area contributed by atoms with Gasteiger partial charge in [0.15, 0.2) is 0 Å². The van der Waals surface area contributed by atoms with Gasteiger partial charge in [0.25, 0.3) is 0 Å². The third-order valence-corrected chi connectivity index (χ3v) is 9.56. The molecule has 3 aromatic rings. The highest BCUT2D eigenvalue weighted by Gasteiger charge is 2.52. The molecule has 0 aliphatic rings. The van der Waals surface area contributed by atoms with E-state index in [1.54, 1.807) is 110 Å². The minimum absolute atomic E-state index is 0.0551. The summed E-state index contributed by atoms with van der Waals surface area (Å²) in [4.78, 5) is 13.7. The fourth-order valence-corrected chi connectivity index (χ4v) is 8.32. The van der Waals surface area contributed by atoms with Crippen LogP contribution in [0.15, 0.2) is 69.3 Å². The Morgan fingerprint density at radius 2 is 0.820 bits per heavy atom. The summed E-state index contributed by atoms with van der Waals surface area (Å²) in [6, 6.07) is 14.6. The van der Waals surface area contributed by atoms with E-state index in [0.29, 0.717) is 11.5 Å². The summed E-state index contributed by atoms with van der Waals surface area (Å²) in [5, 5.41) is 0. The quantitative estimate of drug-likeness (QED) is 0.144. The molecule has 50 heavy (non-hydrogen) atoms. The average Bonchev–Trinajstić information content (AvgIpc) is 2.94. The molecule has 3 aromatic carbocycles. The highest BCUT2D eigenvalue weighted by Crippen LogP contribution is 2.78. The molecule has 0 saturated heterocycles. The van der Waals surface area contributed by atoms with Crippen LogP contribution in [-0.4, -0.2) is 48.8 Å². The summed E-state index contributed by atoms with van der Waals surface area (Å²) < 4.78 is 87.5. The number of benzene rings is 3. The molecule has 0 fully saturated rings. The Kier molecular flexibility index (Phi) is 13.7. The van der Waals surface area contributed by atoms with Gasteiger partial charge in [-0.05, 0) is 95.2 Å². The average molecular weight is 725 g/mol. The molecule has 0 unspecified atom stereocenters. The Labute approximate surface area is 296 Å². The van der Waals surface area contributed by atoms with Crippen LogP contribution in [0.5, 0.6) is 34.5 Å². The van der Waals surface area contributed by atoms with Crippen molar-refractivity contribution in [3.63, 3.8) is 0 Å². The Balaban J connectivity index is 2.81. The van der Waals surface area contributed by atoms with Crippen LogP contribution >= 0.6 is 10.3 Å². The Hall–Kier alpha value is -3.93. The van der Waals surface area contributed by atoms with E-state index in [-0.39, 0.29) is 49.9 Å². The highest BCUT2D eigenvalue weighted by molar-refractivity contribution is 8.30. The molecule has 8 nitrogen and oxygen atoms in total. The fraction of sp³-hybridized carbons (Fsp3) is 0.500. The van der Waals surface area contributed by atoms with Gasteiger partial charge in [-0.15, -0.1) is 0 Å². The normalized spacial score (nSPS) is 12.6. The van der Waals surface area contributed by atoms with Gasteiger partial charge in [0.05, 0.1) is 36.6 Å². The maximum Gasteiger partial charge on any atom is 0.491 e. The number of ether oxygens (including phenoxy) is 6. The minimum Gasteiger partial charge on any atom is -0.491 e. The number of alkyl halides is 3. The van der Waals surface area contributed by atoms with Crippen molar-refractivity contribution in [3.05, 3.63) is 54.6 Å². The molecule has 0 amide bonds. The van der Waals surface area contributed by atoms with E-state index in [1.165, 1.54) is 0 Å². The van der Waals surface area contributed by atoms with Crippen LogP contribution in [0.2, 0.25) is 0 Å². The fourth-order valence-electron chi connectivity index (χ4n) is 4.96. The van der Waals surface area contributed by atoms with Crippen molar-refractivity contribution in [3.8, 4) is 34.5 Å². The number of carbonyl (C=O) groups is 1. The van der Waals surface area contributed by atoms with Crippen LogP contribution in [0, 0.1) is 0 Å². The van der Waals surface area contributed by atoms with Crippen LogP contribution in [0.1, 0.15) is 83.1 Å². The minimum atomic E-state index is -5.38. The molecular weight excluding hydrogens is 673 g/mol. The maximum atomic E-state index is 14.6. The topological polar surface area (TPSA) is 81.7 Å². The van der Waals surface area contributed by atoms with Crippen molar-refractivity contribution in [1.82, 2.24) is 0 Å². The first-order chi connectivity index (χ1) is 23.2. The van der Waals surface area contributed by atoms with Crippen molar-refractivity contribution in [2.75, 3.05) is 0 Å². The second-order valence-electron chi connectivity index (χ2n) is 13.2. The number of halogens is 3. The molecule has 278 valence electrons. The monoisotopic (exact) mass is 724 g/mol. The zero-order chi connectivity index (χ0) is 37.6. The largest absolute Gasteiger partial charge is 0.491 e. The molecule has 0 aliphatic heterocycles. The van der Waals surface area contributed by atoms with Gasteiger partial charge in [0.1, 0.15) is 44.3 Å². The molecule has 0 spiro atoms. The lowest BCUT2D eigenvalue weighted by molar-refractivity contribution is -0.188. The van der Waals surface area contributed by atoms with Crippen LogP contribution in [-0.2, 0) is 8.98 Å². The number of carbonyl (C=O) groups excluding carboxylic acids is 1. The molecular formula is C38H51F3O8S. The van der Waals surface area contributed by atoms with E-state index in [2.05, 4.69) is 0 Å². The molecule has 12 heteroatoms. The summed E-state index contributed by atoms with van der Waals surface area (Å²) in [5.41, 5.74) is 0. The first kappa shape index (κ1) is 40.5. The molecule has 0 aliphatic carbocycles. The Morgan fingerprint density at radius 3 is 1.08 bits per heavy atom. The first-order valence-electron chi connectivity index (χ1n) is 16.8. The second kappa shape index (κ2) is 16.9. The third kappa shape index (κ3) is 10.3. The smallest absolute Gasteiger partial charge is 0.491 e. The van der Waals surface area contributed by atoms with Crippen molar-refractivity contribution in [2.45, 2.75) is 141 Å². The van der Waals surface area contributed by atoms with Crippen LogP contribution < -0.4 is 28.4 Å². The molecule has 0 bridgehead atoms. The van der Waals surface area contributed by atoms with E-state index >= 15 is 0 Å². The van der Waals surface area contributed by atoms with Crippen LogP contribution in [0.3, 0.4) is 0 Å². The SMILES string of the molecule is CC(C)Oc1cc(OC(C)C)c(S(OC(=O)C(F)(F)F)(c2ccccc2)c2c(OC(C)C)cc(OC(C)C)cc2OC(C)C)c(OC(C)C)c1. The van der Waals surface area contributed by atoms with Gasteiger partial charge in [-0.2, -0.15) is 13.2 Å². The molecule has 0 saturated carbocycles. The third-order valence-electron chi connectivity index (χ3n) is 6.27. The maximum absolute atomic E-state index is 14.6. The van der Waals surface area contributed by atoms with E-state index in [0.717, 1.165) is 0 Å². The van der Waals surface area contributed by atoms with Crippen LogP contribution in [0.4, 0.5) is 13.2 Å². The Bertz CT molecular complexity index is 1430. The van der Waals surface area contributed by atoms with E-state index in [4.69, 9.17) is 32.6 Å². The number of hydrogen-bond donors (Lipinski definition) is 0. The molecule has 0 heterocycles. The van der Waals surface area contributed by atoms with Crippen molar-refractivity contribution >= 4 is 16.3 Å². The van der Waals surface area contributed by atoms with Gasteiger partial charge in [-0.25, -0.2) is 4.79 Å². The standard InChI is InChI=1S/C38H51F3O8S/c1-22(2)43-28-18-31(45-24(5)6)35(32(19-28)46-25(7)8)50(30-16-14-13-15-17-30,49-37(42)38(39,40)41)36-33(47-26(9)10)20-29(44-23(3)4)21-34(36)48-27(11)12/h13-27H,1-12H3. The van der Waals surface area contributed by atoms with E-state index < -0.39 is 46.9 Å². The van der Waals surface area contributed by atoms with E-state index in [1.807, 2.05) is 27.7 Å².